The van der Waals surface area contributed by atoms with Gasteiger partial charge in [0.15, 0.2) is 11.5 Å². The standard InChI is InChI=1S/C15H14FNO2/c16-12-4-2-1-3-10(12)7-13(17)11-5-6-14-15(8-11)19-9-18-14/h1-6,8,13H,7,9,17H2. The van der Waals surface area contributed by atoms with E-state index < -0.39 is 0 Å². The van der Waals surface area contributed by atoms with Gasteiger partial charge in [-0.1, -0.05) is 24.3 Å². The van der Waals surface area contributed by atoms with Crippen molar-refractivity contribution >= 4 is 0 Å². The minimum Gasteiger partial charge on any atom is -0.454 e. The first-order chi connectivity index (χ1) is 9.24. The van der Waals surface area contributed by atoms with Gasteiger partial charge in [-0.05, 0) is 35.7 Å². The molecule has 3 rings (SSSR count). The number of benzene rings is 2. The van der Waals surface area contributed by atoms with E-state index in [-0.39, 0.29) is 18.7 Å². The van der Waals surface area contributed by atoms with Crippen molar-refractivity contribution in [3.63, 3.8) is 0 Å². The van der Waals surface area contributed by atoms with Crippen LogP contribution in [0.1, 0.15) is 17.2 Å². The molecule has 1 aliphatic heterocycles. The van der Waals surface area contributed by atoms with E-state index in [1.165, 1.54) is 6.07 Å². The van der Waals surface area contributed by atoms with E-state index in [1.807, 2.05) is 24.3 Å². The van der Waals surface area contributed by atoms with Crippen LogP contribution in [0, 0.1) is 5.82 Å². The Labute approximate surface area is 110 Å². The summed E-state index contributed by atoms with van der Waals surface area (Å²) in [5.74, 6) is 1.20. The third-order valence-corrected chi connectivity index (χ3v) is 3.22. The molecule has 0 bridgehead atoms. The zero-order valence-electron chi connectivity index (χ0n) is 10.3. The van der Waals surface area contributed by atoms with E-state index in [1.54, 1.807) is 12.1 Å². The van der Waals surface area contributed by atoms with Crippen molar-refractivity contribution in [2.45, 2.75) is 12.5 Å². The fourth-order valence-corrected chi connectivity index (χ4v) is 2.16. The summed E-state index contributed by atoms with van der Waals surface area (Å²) in [4.78, 5) is 0. The largest absolute Gasteiger partial charge is 0.454 e. The van der Waals surface area contributed by atoms with Gasteiger partial charge < -0.3 is 15.2 Å². The molecule has 2 aromatic rings. The predicted octanol–water partition coefficient (Wildman–Crippen LogP) is 2.80. The second-order valence-electron chi connectivity index (χ2n) is 4.51. The molecule has 2 aromatic carbocycles. The van der Waals surface area contributed by atoms with Gasteiger partial charge in [-0.15, -0.1) is 0 Å². The molecule has 0 spiro atoms. The Kier molecular flexibility index (Phi) is 3.09. The Morgan fingerprint density at radius 1 is 1.11 bits per heavy atom. The maximum absolute atomic E-state index is 13.6. The highest BCUT2D eigenvalue weighted by molar-refractivity contribution is 5.45. The average molecular weight is 259 g/mol. The van der Waals surface area contributed by atoms with Gasteiger partial charge in [-0.25, -0.2) is 4.39 Å². The van der Waals surface area contributed by atoms with E-state index in [2.05, 4.69) is 0 Å². The molecule has 4 heteroatoms. The molecule has 0 aromatic heterocycles. The SMILES string of the molecule is NC(Cc1ccccc1F)c1ccc2c(c1)OCO2. The van der Waals surface area contributed by atoms with Crippen LogP contribution in [0.4, 0.5) is 4.39 Å². The van der Waals surface area contributed by atoms with Crippen LogP contribution in [-0.2, 0) is 6.42 Å². The molecule has 2 N–H and O–H groups in total. The third-order valence-electron chi connectivity index (χ3n) is 3.22. The topological polar surface area (TPSA) is 44.5 Å². The van der Waals surface area contributed by atoms with E-state index in [0.717, 1.165) is 11.3 Å². The Bertz CT molecular complexity index is 600. The van der Waals surface area contributed by atoms with Crippen molar-refractivity contribution in [3.05, 3.63) is 59.4 Å². The minimum atomic E-state index is -0.272. The normalized spacial score (nSPS) is 14.4. The minimum absolute atomic E-state index is 0.223. The van der Waals surface area contributed by atoms with Crippen molar-refractivity contribution in [1.82, 2.24) is 0 Å². The quantitative estimate of drug-likeness (QED) is 0.921. The zero-order valence-corrected chi connectivity index (χ0v) is 10.3. The van der Waals surface area contributed by atoms with E-state index in [0.29, 0.717) is 17.7 Å². The maximum Gasteiger partial charge on any atom is 0.231 e. The summed E-state index contributed by atoms with van der Waals surface area (Å²) in [5.41, 5.74) is 7.65. The van der Waals surface area contributed by atoms with Crippen LogP contribution < -0.4 is 15.2 Å². The smallest absolute Gasteiger partial charge is 0.231 e. The van der Waals surface area contributed by atoms with Crippen LogP contribution in [-0.4, -0.2) is 6.79 Å². The predicted molar refractivity (Wildman–Crippen MR) is 69.6 cm³/mol. The molecule has 0 radical (unpaired) electrons. The Balaban J connectivity index is 1.81. The van der Waals surface area contributed by atoms with Crippen LogP contribution in [0.2, 0.25) is 0 Å². The number of rotatable bonds is 3. The summed E-state index contributed by atoms with van der Waals surface area (Å²) in [7, 11) is 0. The Hall–Kier alpha value is -2.07. The lowest BCUT2D eigenvalue weighted by Crippen LogP contribution is -2.14. The number of nitrogens with two attached hydrogens (primary N) is 1. The second-order valence-corrected chi connectivity index (χ2v) is 4.51. The summed E-state index contributed by atoms with van der Waals surface area (Å²) in [6, 6.07) is 12.0. The van der Waals surface area contributed by atoms with Crippen LogP contribution in [0.3, 0.4) is 0 Å². The van der Waals surface area contributed by atoms with Crippen molar-refractivity contribution in [2.75, 3.05) is 6.79 Å². The van der Waals surface area contributed by atoms with Gasteiger partial charge in [-0.3, -0.25) is 0 Å². The summed E-state index contributed by atoms with van der Waals surface area (Å²) in [5, 5.41) is 0. The lowest BCUT2D eigenvalue weighted by atomic mass is 9.99. The molecule has 0 fully saturated rings. The van der Waals surface area contributed by atoms with Gasteiger partial charge in [0.2, 0.25) is 6.79 Å². The summed E-state index contributed by atoms with van der Waals surface area (Å²) in [6.07, 6.45) is 0.451. The number of hydrogen-bond donors (Lipinski definition) is 1. The molecule has 1 atom stereocenters. The van der Waals surface area contributed by atoms with Crippen LogP contribution in [0.25, 0.3) is 0 Å². The summed E-state index contributed by atoms with van der Waals surface area (Å²) < 4.78 is 24.1. The second kappa shape index (κ2) is 4.90. The van der Waals surface area contributed by atoms with Gasteiger partial charge in [0, 0.05) is 6.04 Å². The molecule has 1 heterocycles. The molecule has 19 heavy (non-hydrogen) atoms. The summed E-state index contributed by atoms with van der Waals surface area (Å²) in [6.45, 7) is 0.237. The van der Waals surface area contributed by atoms with Gasteiger partial charge in [0.25, 0.3) is 0 Å². The lowest BCUT2D eigenvalue weighted by molar-refractivity contribution is 0.174. The average Bonchev–Trinajstić information content (AvgIpc) is 2.88. The van der Waals surface area contributed by atoms with Gasteiger partial charge in [0.05, 0.1) is 0 Å². The van der Waals surface area contributed by atoms with Crippen molar-refractivity contribution in [1.29, 1.82) is 0 Å². The molecule has 98 valence electrons. The number of fused-ring (bicyclic) bond motifs is 1. The molecule has 1 unspecified atom stereocenters. The Morgan fingerprint density at radius 2 is 1.89 bits per heavy atom. The molecule has 0 amide bonds. The van der Waals surface area contributed by atoms with Gasteiger partial charge >= 0.3 is 0 Å². The van der Waals surface area contributed by atoms with E-state index in [4.69, 9.17) is 15.2 Å². The molecule has 0 aliphatic carbocycles. The molecule has 0 saturated carbocycles. The number of ether oxygens (including phenoxy) is 2. The van der Waals surface area contributed by atoms with E-state index in [9.17, 15) is 4.39 Å². The van der Waals surface area contributed by atoms with Crippen molar-refractivity contribution in [2.24, 2.45) is 5.73 Å². The molecular formula is C15H14FNO2. The fourth-order valence-electron chi connectivity index (χ4n) is 2.16. The molecular weight excluding hydrogens is 245 g/mol. The molecule has 0 saturated heterocycles. The van der Waals surface area contributed by atoms with Gasteiger partial charge in [-0.2, -0.15) is 0 Å². The van der Waals surface area contributed by atoms with Crippen LogP contribution in [0.15, 0.2) is 42.5 Å². The highest BCUT2D eigenvalue weighted by atomic mass is 19.1. The number of hydrogen-bond acceptors (Lipinski definition) is 3. The first-order valence-electron chi connectivity index (χ1n) is 6.12. The molecule has 3 nitrogen and oxygen atoms in total. The first kappa shape index (κ1) is 12.0. The fraction of sp³-hybridized carbons (Fsp3) is 0.200. The highest BCUT2D eigenvalue weighted by Gasteiger charge is 2.16. The zero-order chi connectivity index (χ0) is 13.2. The van der Waals surface area contributed by atoms with Crippen LogP contribution in [0.5, 0.6) is 11.5 Å². The van der Waals surface area contributed by atoms with E-state index >= 15 is 0 Å². The first-order valence-corrected chi connectivity index (χ1v) is 6.12. The highest BCUT2D eigenvalue weighted by Crippen LogP contribution is 2.34. The molecule has 1 aliphatic rings. The monoisotopic (exact) mass is 259 g/mol. The summed E-state index contributed by atoms with van der Waals surface area (Å²) >= 11 is 0. The maximum atomic E-state index is 13.6. The van der Waals surface area contributed by atoms with Crippen molar-refractivity contribution < 1.29 is 13.9 Å². The number of halogens is 1. The van der Waals surface area contributed by atoms with Crippen LogP contribution >= 0.6 is 0 Å². The lowest BCUT2D eigenvalue weighted by Gasteiger charge is -2.13. The van der Waals surface area contributed by atoms with Gasteiger partial charge in [0.1, 0.15) is 5.82 Å². The Morgan fingerprint density at radius 3 is 2.74 bits per heavy atom. The van der Waals surface area contributed by atoms with Crippen molar-refractivity contribution in [3.8, 4) is 11.5 Å². The third kappa shape index (κ3) is 2.39.